The van der Waals surface area contributed by atoms with Crippen LogP contribution in [0.1, 0.15) is 26.5 Å². The maximum Gasteiger partial charge on any atom is 0.229 e. The third kappa shape index (κ3) is 3.88. The molecule has 0 spiro atoms. The molecule has 5 heteroatoms. The van der Waals surface area contributed by atoms with Crippen molar-refractivity contribution >= 4 is 15.9 Å². The minimum Gasteiger partial charge on any atom is -0.444 e. The summed E-state index contributed by atoms with van der Waals surface area (Å²) in [6, 6.07) is 4.80. The number of aromatic nitrogens is 1. The summed E-state index contributed by atoms with van der Waals surface area (Å²) >= 11 is 3.22. The molecule has 0 aliphatic rings. The van der Waals surface area contributed by atoms with Crippen LogP contribution in [0.15, 0.2) is 33.4 Å². The Morgan fingerprint density at radius 2 is 2.11 bits per heavy atom. The highest BCUT2D eigenvalue weighted by molar-refractivity contribution is 9.10. The van der Waals surface area contributed by atoms with Crippen molar-refractivity contribution in [2.45, 2.75) is 32.9 Å². The summed E-state index contributed by atoms with van der Waals surface area (Å²) in [5, 5.41) is 3.30. The lowest BCUT2D eigenvalue weighted by Gasteiger charge is -2.19. The van der Waals surface area contributed by atoms with E-state index in [0.717, 1.165) is 5.69 Å². The summed E-state index contributed by atoms with van der Waals surface area (Å²) in [6.45, 7) is 6.80. The molecule has 1 aromatic carbocycles. The maximum atomic E-state index is 13.8. The second-order valence-electron chi connectivity index (χ2n) is 5.37. The molecule has 0 fully saturated rings. The summed E-state index contributed by atoms with van der Waals surface area (Å²) in [4.78, 5) is 4.29. The normalized spacial score (nSPS) is 11.8. The average Bonchev–Trinajstić information content (AvgIpc) is 2.74. The van der Waals surface area contributed by atoms with Gasteiger partial charge in [0.05, 0.1) is 11.3 Å². The van der Waals surface area contributed by atoms with Gasteiger partial charge in [0.15, 0.2) is 0 Å². The van der Waals surface area contributed by atoms with Crippen LogP contribution in [0.4, 0.5) is 4.39 Å². The van der Waals surface area contributed by atoms with Crippen LogP contribution in [-0.4, -0.2) is 10.5 Å². The monoisotopic (exact) mass is 326 g/mol. The molecule has 2 rings (SSSR count). The van der Waals surface area contributed by atoms with Crippen molar-refractivity contribution in [3.63, 3.8) is 0 Å². The molecule has 1 N–H and O–H groups in total. The van der Waals surface area contributed by atoms with Crippen molar-refractivity contribution in [3.05, 3.63) is 40.4 Å². The first-order valence-corrected chi connectivity index (χ1v) is 6.79. The standard InChI is InChI=1S/C14H16BrFN2O/c1-14(2,3)17-7-10-8-19-13(18-10)11-5-4-9(15)6-12(11)16/h4-6,8,17H,7H2,1-3H3. The van der Waals surface area contributed by atoms with E-state index in [0.29, 0.717) is 22.5 Å². The Bertz CT molecular complexity index is 575. The second-order valence-corrected chi connectivity index (χ2v) is 6.29. The number of nitrogens with zero attached hydrogens (tertiary/aromatic N) is 1. The van der Waals surface area contributed by atoms with Crippen LogP contribution in [0.25, 0.3) is 11.5 Å². The van der Waals surface area contributed by atoms with E-state index < -0.39 is 0 Å². The van der Waals surface area contributed by atoms with Gasteiger partial charge in [-0.05, 0) is 39.0 Å². The fourth-order valence-corrected chi connectivity index (χ4v) is 1.86. The third-order valence-corrected chi connectivity index (χ3v) is 3.01. The molecule has 0 bridgehead atoms. The molecule has 3 nitrogen and oxygen atoms in total. The van der Waals surface area contributed by atoms with Gasteiger partial charge in [-0.15, -0.1) is 0 Å². The zero-order valence-corrected chi connectivity index (χ0v) is 12.7. The largest absolute Gasteiger partial charge is 0.444 e. The lowest BCUT2D eigenvalue weighted by molar-refractivity contribution is 0.421. The van der Waals surface area contributed by atoms with Crippen LogP contribution >= 0.6 is 15.9 Å². The van der Waals surface area contributed by atoms with Gasteiger partial charge in [-0.25, -0.2) is 9.37 Å². The fraction of sp³-hybridized carbons (Fsp3) is 0.357. The van der Waals surface area contributed by atoms with Crippen LogP contribution in [0.5, 0.6) is 0 Å². The highest BCUT2D eigenvalue weighted by Gasteiger charge is 2.14. The number of hydrogen-bond donors (Lipinski definition) is 1. The van der Waals surface area contributed by atoms with Crippen LogP contribution in [0.2, 0.25) is 0 Å². The van der Waals surface area contributed by atoms with Crippen LogP contribution in [-0.2, 0) is 6.54 Å². The molecule has 19 heavy (non-hydrogen) atoms. The zero-order chi connectivity index (χ0) is 14.0. The van der Waals surface area contributed by atoms with Crippen molar-refractivity contribution in [3.8, 4) is 11.5 Å². The van der Waals surface area contributed by atoms with Crippen LogP contribution in [0.3, 0.4) is 0 Å². The summed E-state index contributed by atoms with van der Waals surface area (Å²) < 4.78 is 19.8. The molecule has 2 aromatic rings. The van der Waals surface area contributed by atoms with E-state index in [9.17, 15) is 4.39 Å². The number of benzene rings is 1. The molecule has 0 aliphatic carbocycles. The Kier molecular flexibility index (Phi) is 4.06. The molecular weight excluding hydrogens is 311 g/mol. The van der Waals surface area contributed by atoms with Gasteiger partial charge in [-0.3, -0.25) is 0 Å². The molecule has 0 saturated carbocycles. The lowest BCUT2D eigenvalue weighted by Crippen LogP contribution is -2.35. The predicted molar refractivity (Wildman–Crippen MR) is 76.2 cm³/mol. The van der Waals surface area contributed by atoms with Gasteiger partial charge >= 0.3 is 0 Å². The van der Waals surface area contributed by atoms with Crippen LogP contribution < -0.4 is 5.32 Å². The summed E-state index contributed by atoms with van der Waals surface area (Å²) in [5.41, 5.74) is 1.12. The topological polar surface area (TPSA) is 38.1 Å². The summed E-state index contributed by atoms with van der Waals surface area (Å²) in [6.07, 6.45) is 1.55. The van der Waals surface area contributed by atoms with E-state index >= 15 is 0 Å². The van der Waals surface area contributed by atoms with Crippen molar-refractivity contribution in [2.75, 3.05) is 0 Å². The molecular formula is C14H16BrFN2O. The number of halogens is 2. The van der Waals surface area contributed by atoms with Crippen molar-refractivity contribution < 1.29 is 8.81 Å². The minimum atomic E-state index is -0.355. The van der Waals surface area contributed by atoms with E-state index in [-0.39, 0.29) is 11.4 Å². The van der Waals surface area contributed by atoms with E-state index in [1.165, 1.54) is 6.07 Å². The smallest absolute Gasteiger partial charge is 0.229 e. The maximum absolute atomic E-state index is 13.8. The number of hydrogen-bond acceptors (Lipinski definition) is 3. The Morgan fingerprint density at radius 3 is 2.74 bits per heavy atom. The van der Waals surface area contributed by atoms with E-state index in [1.807, 2.05) is 0 Å². The highest BCUT2D eigenvalue weighted by atomic mass is 79.9. The summed E-state index contributed by atoms with van der Waals surface area (Å²) in [7, 11) is 0. The molecule has 0 saturated heterocycles. The molecule has 0 aliphatic heterocycles. The van der Waals surface area contributed by atoms with Crippen molar-refractivity contribution in [1.29, 1.82) is 0 Å². The fourth-order valence-electron chi connectivity index (χ4n) is 1.53. The predicted octanol–water partition coefficient (Wildman–Crippen LogP) is 4.13. The van der Waals surface area contributed by atoms with Gasteiger partial charge in [0, 0.05) is 16.6 Å². The first kappa shape index (κ1) is 14.2. The minimum absolute atomic E-state index is 0.00196. The number of nitrogens with one attached hydrogen (secondary N) is 1. The van der Waals surface area contributed by atoms with Gasteiger partial charge in [0.1, 0.15) is 12.1 Å². The molecule has 1 aromatic heterocycles. The molecule has 102 valence electrons. The van der Waals surface area contributed by atoms with Gasteiger partial charge in [0.25, 0.3) is 0 Å². The van der Waals surface area contributed by atoms with Gasteiger partial charge in [-0.2, -0.15) is 0 Å². The quantitative estimate of drug-likeness (QED) is 0.921. The number of oxazole rings is 1. The van der Waals surface area contributed by atoms with Gasteiger partial charge < -0.3 is 9.73 Å². The molecule has 0 unspecified atom stereocenters. The van der Waals surface area contributed by atoms with E-state index in [2.05, 4.69) is 47.0 Å². The zero-order valence-electron chi connectivity index (χ0n) is 11.1. The first-order valence-electron chi connectivity index (χ1n) is 6.00. The number of rotatable bonds is 3. The Balaban J connectivity index is 2.16. The lowest BCUT2D eigenvalue weighted by atomic mass is 10.1. The molecule has 0 amide bonds. The average molecular weight is 327 g/mol. The Labute approximate surface area is 120 Å². The molecule has 1 heterocycles. The van der Waals surface area contributed by atoms with Gasteiger partial charge in [0.2, 0.25) is 5.89 Å². The SMILES string of the molecule is CC(C)(C)NCc1coc(-c2ccc(Br)cc2F)n1. The van der Waals surface area contributed by atoms with E-state index in [1.54, 1.807) is 18.4 Å². The second kappa shape index (κ2) is 5.43. The Morgan fingerprint density at radius 1 is 1.37 bits per heavy atom. The summed E-state index contributed by atoms with van der Waals surface area (Å²) in [5.74, 6) is -0.0535. The molecule has 0 radical (unpaired) electrons. The van der Waals surface area contributed by atoms with Crippen molar-refractivity contribution in [1.82, 2.24) is 10.3 Å². The van der Waals surface area contributed by atoms with Crippen LogP contribution in [0, 0.1) is 5.82 Å². The third-order valence-electron chi connectivity index (χ3n) is 2.51. The Hall–Kier alpha value is -1.20. The molecule has 0 atom stereocenters. The van der Waals surface area contributed by atoms with Crippen molar-refractivity contribution in [2.24, 2.45) is 0 Å². The highest BCUT2D eigenvalue weighted by Crippen LogP contribution is 2.25. The van der Waals surface area contributed by atoms with Gasteiger partial charge in [-0.1, -0.05) is 15.9 Å². The van der Waals surface area contributed by atoms with E-state index in [4.69, 9.17) is 4.42 Å². The first-order chi connectivity index (χ1) is 8.85.